The smallest absolute Gasteiger partial charge is 1.00 e. The van der Waals surface area contributed by atoms with Crippen LogP contribution in [0.5, 0.6) is 0 Å². The SMILES string of the molecule is CC1=Cc2ccccc2C1c1ccccc1C(C)[N]([Ti+2])c1c(C)cc(C)cc1C.[Cl-].[Cl-]. The molecule has 0 saturated carbocycles. The van der Waals surface area contributed by atoms with Gasteiger partial charge in [0.1, 0.15) is 0 Å². The number of aryl methyl sites for hydroxylation is 3. The maximum atomic E-state index is 2.45. The molecule has 3 aromatic rings. The zero-order valence-electron chi connectivity index (χ0n) is 18.7. The van der Waals surface area contributed by atoms with Crippen molar-refractivity contribution in [2.24, 2.45) is 0 Å². The Bertz CT molecular complexity index is 1080. The van der Waals surface area contributed by atoms with Crippen molar-refractivity contribution in [2.45, 2.75) is 46.6 Å². The molecule has 0 spiro atoms. The Morgan fingerprint density at radius 3 is 2.00 bits per heavy atom. The van der Waals surface area contributed by atoms with E-state index in [0.29, 0.717) is 5.92 Å². The first kappa shape index (κ1) is 25.8. The third-order valence-corrected chi connectivity index (χ3v) is 7.12. The summed E-state index contributed by atoms with van der Waals surface area (Å²) in [5.41, 5.74) is 12.4. The summed E-state index contributed by atoms with van der Waals surface area (Å²) in [6.07, 6.45) is 2.35. The predicted octanol–water partition coefficient (Wildman–Crippen LogP) is 1.20. The van der Waals surface area contributed by atoms with Gasteiger partial charge < -0.3 is 24.8 Å². The molecule has 2 atom stereocenters. The molecule has 0 heterocycles. The van der Waals surface area contributed by atoms with Crippen LogP contribution in [-0.4, -0.2) is 0 Å². The zero-order chi connectivity index (χ0) is 20.7. The summed E-state index contributed by atoms with van der Waals surface area (Å²) in [7, 11) is 0. The Morgan fingerprint density at radius 1 is 0.806 bits per heavy atom. The number of halogens is 2. The normalized spacial score (nSPS) is 15.3. The van der Waals surface area contributed by atoms with Crippen LogP contribution in [0.1, 0.15) is 64.8 Å². The zero-order valence-corrected chi connectivity index (χ0v) is 21.8. The van der Waals surface area contributed by atoms with Crippen molar-refractivity contribution in [1.82, 2.24) is 0 Å². The largest absolute Gasteiger partial charge is 1.00 e. The molecule has 0 aromatic heterocycles. The second-order valence-electron chi connectivity index (χ2n) is 8.37. The van der Waals surface area contributed by atoms with E-state index in [9.17, 15) is 0 Å². The fourth-order valence-electron chi connectivity index (χ4n) is 4.93. The molecule has 0 N–H and O–H groups in total. The van der Waals surface area contributed by atoms with Gasteiger partial charge in [0.05, 0.1) is 0 Å². The van der Waals surface area contributed by atoms with Gasteiger partial charge in [-0.1, -0.05) is 0 Å². The molecule has 31 heavy (non-hydrogen) atoms. The van der Waals surface area contributed by atoms with Gasteiger partial charge in [-0.2, -0.15) is 0 Å². The minimum atomic E-state index is 0. The van der Waals surface area contributed by atoms with E-state index in [1.807, 2.05) is 0 Å². The monoisotopic (exact) mass is 484 g/mol. The van der Waals surface area contributed by atoms with E-state index in [-0.39, 0.29) is 30.9 Å². The number of anilines is 1. The number of hydrogen-bond donors (Lipinski definition) is 0. The Hall–Kier alpha value is -1.51. The summed E-state index contributed by atoms with van der Waals surface area (Å²) in [5, 5.41) is 0. The van der Waals surface area contributed by atoms with Gasteiger partial charge in [-0.15, -0.1) is 0 Å². The summed E-state index contributed by atoms with van der Waals surface area (Å²) in [6, 6.07) is 22.7. The minimum Gasteiger partial charge on any atom is -1.00 e. The number of allylic oxidation sites excluding steroid dienone is 1. The molecule has 0 amide bonds. The maximum absolute atomic E-state index is 2.45. The van der Waals surface area contributed by atoms with Crippen molar-refractivity contribution in [3.05, 3.63) is 105 Å². The number of benzene rings is 3. The fraction of sp³-hybridized carbons (Fsp3) is 0.259. The van der Waals surface area contributed by atoms with E-state index in [1.54, 1.807) is 0 Å². The molecule has 4 rings (SSSR count). The van der Waals surface area contributed by atoms with Crippen LogP contribution in [0.25, 0.3) is 6.08 Å². The average Bonchev–Trinajstić information content (AvgIpc) is 3.02. The number of fused-ring (bicyclic) bond motifs is 1. The molecule has 0 bridgehead atoms. The first-order chi connectivity index (χ1) is 13.9. The van der Waals surface area contributed by atoms with E-state index >= 15 is 0 Å². The van der Waals surface area contributed by atoms with E-state index in [1.165, 1.54) is 50.2 Å². The fourth-order valence-corrected chi connectivity index (χ4v) is 5.70. The summed E-state index contributed by atoms with van der Waals surface area (Å²) in [4.78, 5) is 0. The summed E-state index contributed by atoms with van der Waals surface area (Å²) >= 11 is 2.23. The van der Waals surface area contributed by atoms with E-state index in [2.05, 4.69) is 125 Å². The maximum Gasteiger partial charge on any atom is -1.00 e. The standard InChI is InChI=1S/C27H28N.2ClH.Ti/c1-17-14-19(3)27(20(4)15-17)28-21(5)23-11-8-9-13-25(23)26-18(2)16-22-10-6-7-12-24(22)26;;;/h6-16,21,26H,1-5H3;2*1H;/q-1;;;+3/p-2. The summed E-state index contributed by atoms with van der Waals surface area (Å²) < 4.78 is 2.45. The van der Waals surface area contributed by atoms with Crippen molar-refractivity contribution in [3.63, 3.8) is 0 Å². The average molecular weight is 485 g/mol. The quantitative estimate of drug-likeness (QED) is 0.503. The molecule has 159 valence electrons. The Morgan fingerprint density at radius 2 is 1.35 bits per heavy atom. The van der Waals surface area contributed by atoms with Crippen LogP contribution in [0, 0.1) is 20.8 Å². The van der Waals surface area contributed by atoms with E-state index in [4.69, 9.17) is 0 Å². The van der Waals surface area contributed by atoms with E-state index in [0.717, 1.165) is 0 Å². The minimum absolute atomic E-state index is 0. The van der Waals surface area contributed by atoms with Crippen molar-refractivity contribution in [1.29, 1.82) is 0 Å². The topological polar surface area (TPSA) is 3.24 Å². The number of rotatable bonds is 4. The predicted molar refractivity (Wildman–Crippen MR) is 120 cm³/mol. The first-order valence-corrected chi connectivity index (χ1v) is 11.0. The van der Waals surface area contributed by atoms with Gasteiger partial charge in [0.15, 0.2) is 0 Å². The first-order valence-electron chi connectivity index (χ1n) is 10.3. The molecule has 0 fully saturated rings. The third kappa shape index (κ3) is 4.81. The Labute approximate surface area is 211 Å². The van der Waals surface area contributed by atoms with Gasteiger partial charge in [-0.3, -0.25) is 0 Å². The van der Waals surface area contributed by atoms with Gasteiger partial charge in [0, 0.05) is 0 Å². The van der Waals surface area contributed by atoms with Crippen molar-refractivity contribution in [2.75, 3.05) is 3.38 Å². The molecular weight excluding hydrogens is 457 g/mol. The molecule has 0 aliphatic heterocycles. The number of hydrogen-bond acceptors (Lipinski definition) is 1. The molecular formula is C27H28Cl2NTi. The van der Waals surface area contributed by atoms with Gasteiger partial charge >= 0.3 is 188 Å². The Kier molecular flexibility index (Phi) is 8.65. The van der Waals surface area contributed by atoms with Crippen LogP contribution in [-0.2, 0) is 20.7 Å². The molecule has 1 aliphatic carbocycles. The van der Waals surface area contributed by atoms with Crippen LogP contribution < -0.4 is 28.2 Å². The van der Waals surface area contributed by atoms with Crippen LogP contribution in [0.4, 0.5) is 5.69 Å². The third-order valence-electron chi connectivity index (χ3n) is 6.17. The molecule has 1 aliphatic rings. The van der Waals surface area contributed by atoms with Crippen LogP contribution in [0.15, 0.2) is 66.2 Å². The van der Waals surface area contributed by atoms with Crippen LogP contribution in [0.2, 0.25) is 0 Å². The van der Waals surface area contributed by atoms with Crippen molar-refractivity contribution >= 4 is 11.8 Å². The second kappa shape index (κ2) is 10.4. The second-order valence-corrected chi connectivity index (χ2v) is 9.12. The molecule has 0 radical (unpaired) electrons. The van der Waals surface area contributed by atoms with Gasteiger partial charge in [0.25, 0.3) is 0 Å². The summed E-state index contributed by atoms with van der Waals surface area (Å²) in [6.45, 7) is 11.2. The number of nitrogens with zero attached hydrogens (tertiary/aromatic N) is 1. The molecule has 2 unspecified atom stereocenters. The molecule has 4 heteroatoms. The van der Waals surface area contributed by atoms with Crippen molar-refractivity contribution in [3.8, 4) is 0 Å². The summed E-state index contributed by atoms with van der Waals surface area (Å²) in [5.74, 6) is 0.346. The van der Waals surface area contributed by atoms with Crippen LogP contribution >= 0.6 is 0 Å². The van der Waals surface area contributed by atoms with Gasteiger partial charge in [-0.05, 0) is 0 Å². The molecule has 3 aromatic carbocycles. The molecule has 1 nitrogen and oxygen atoms in total. The Balaban J connectivity index is 0.00000171. The van der Waals surface area contributed by atoms with Gasteiger partial charge in [-0.25, -0.2) is 0 Å². The molecule has 0 saturated heterocycles. The van der Waals surface area contributed by atoms with E-state index < -0.39 is 0 Å². The van der Waals surface area contributed by atoms with Crippen LogP contribution in [0.3, 0.4) is 0 Å². The van der Waals surface area contributed by atoms with Gasteiger partial charge in [0.2, 0.25) is 0 Å². The van der Waals surface area contributed by atoms with Crippen molar-refractivity contribution < 1.29 is 45.5 Å².